The highest BCUT2D eigenvalue weighted by molar-refractivity contribution is 6.30. The molecule has 496 valence electrons. The van der Waals surface area contributed by atoms with E-state index in [1.165, 1.54) is 134 Å². The van der Waals surface area contributed by atoms with Gasteiger partial charge in [0.15, 0.2) is 0 Å². The van der Waals surface area contributed by atoms with Crippen LogP contribution in [0.1, 0.15) is 220 Å². The molecule has 7 nitrogen and oxygen atoms in total. The zero-order valence-corrected chi connectivity index (χ0v) is 59.8. The smallest absolute Gasteiger partial charge is 0.128 e. The lowest BCUT2D eigenvalue weighted by Crippen LogP contribution is -2.48. The minimum absolute atomic E-state index is 0.0374. The van der Waals surface area contributed by atoms with E-state index in [1.807, 2.05) is 49.5 Å². The Morgan fingerprint density at radius 1 is 0.505 bits per heavy atom. The largest absolute Gasteiger partial charge is 0.390 e. The summed E-state index contributed by atoms with van der Waals surface area (Å²) < 4.78 is 13.2. The van der Waals surface area contributed by atoms with Gasteiger partial charge in [-0.3, -0.25) is 14.7 Å². The molecule has 3 atom stereocenters. The molecule has 0 amide bonds. The Hall–Kier alpha value is -4.80. The van der Waals surface area contributed by atoms with Crippen molar-refractivity contribution in [2.75, 3.05) is 75.2 Å². The van der Waals surface area contributed by atoms with E-state index in [0.29, 0.717) is 30.0 Å². The molecule has 91 heavy (non-hydrogen) atoms. The number of benzene rings is 4. The second-order valence-corrected chi connectivity index (χ2v) is 31.5. The average molecular weight is 1280 g/mol. The maximum Gasteiger partial charge on any atom is 0.128 e. The second-order valence-electron chi connectivity index (χ2n) is 30.7. The fourth-order valence-electron chi connectivity index (χ4n) is 15.1. The molecule has 0 saturated carbocycles. The van der Waals surface area contributed by atoms with Gasteiger partial charge < -0.3 is 14.9 Å². The molecule has 10 heteroatoms. The van der Waals surface area contributed by atoms with Crippen LogP contribution in [0.3, 0.4) is 0 Å². The van der Waals surface area contributed by atoms with E-state index in [2.05, 4.69) is 186 Å². The Kier molecular flexibility index (Phi) is 26.2. The normalized spacial score (nSPS) is 19.3. The van der Waals surface area contributed by atoms with Crippen LogP contribution < -0.4 is 9.80 Å². The summed E-state index contributed by atoms with van der Waals surface area (Å²) in [5.41, 5.74) is 12.1. The molecule has 0 spiro atoms. The van der Waals surface area contributed by atoms with E-state index in [-0.39, 0.29) is 22.1 Å². The van der Waals surface area contributed by atoms with Gasteiger partial charge in [-0.05, 0) is 281 Å². The first-order valence-corrected chi connectivity index (χ1v) is 35.7. The summed E-state index contributed by atoms with van der Waals surface area (Å²) in [4.78, 5) is 17.7. The van der Waals surface area contributed by atoms with Crippen molar-refractivity contribution in [1.82, 2.24) is 19.7 Å². The number of anilines is 2. The van der Waals surface area contributed by atoms with E-state index in [4.69, 9.17) is 28.2 Å². The summed E-state index contributed by atoms with van der Waals surface area (Å²) in [5, 5.41) is 11.8. The minimum Gasteiger partial charge on any atom is -0.390 e. The van der Waals surface area contributed by atoms with Crippen molar-refractivity contribution in [3.63, 3.8) is 0 Å². The van der Waals surface area contributed by atoms with Crippen molar-refractivity contribution in [1.29, 1.82) is 0 Å². The number of nitrogens with zero attached hydrogens (tertiary/aromatic N) is 6. The van der Waals surface area contributed by atoms with Crippen LogP contribution >= 0.6 is 23.2 Å². The van der Waals surface area contributed by atoms with Crippen molar-refractivity contribution < 1.29 is 9.50 Å². The number of aromatic nitrogens is 1. The monoisotopic (exact) mass is 1280 g/mol. The van der Waals surface area contributed by atoms with Crippen molar-refractivity contribution >= 4 is 34.7 Å². The Morgan fingerprint density at radius 2 is 0.879 bits per heavy atom. The number of piperidine rings is 4. The Bertz CT molecular complexity index is 3100. The van der Waals surface area contributed by atoms with Gasteiger partial charge in [0.25, 0.3) is 0 Å². The van der Waals surface area contributed by atoms with Gasteiger partial charge in [0.2, 0.25) is 0 Å². The van der Waals surface area contributed by atoms with E-state index in [9.17, 15) is 9.50 Å². The van der Waals surface area contributed by atoms with Crippen LogP contribution in [0, 0.1) is 5.82 Å². The molecule has 5 aliphatic heterocycles. The van der Waals surface area contributed by atoms with Crippen LogP contribution in [0.4, 0.5) is 15.9 Å². The van der Waals surface area contributed by atoms with Crippen molar-refractivity contribution in [3.05, 3.63) is 194 Å². The van der Waals surface area contributed by atoms with Gasteiger partial charge in [-0.25, -0.2) is 9.37 Å². The van der Waals surface area contributed by atoms with Crippen LogP contribution in [-0.4, -0.2) is 114 Å². The quantitative estimate of drug-likeness (QED) is 0.0827. The van der Waals surface area contributed by atoms with Gasteiger partial charge in [-0.2, -0.15) is 0 Å². The Morgan fingerprint density at radius 3 is 1.30 bits per heavy atom. The third-order valence-corrected chi connectivity index (χ3v) is 21.2. The number of rotatable bonds is 19. The fourth-order valence-corrected chi connectivity index (χ4v) is 15.3. The molecule has 1 N–H and O–H groups in total. The van der Waals surface area contributed by atoms with Gasteiger partial charge >= 0.3 is 0 Å². The molecule has 0 bridgehead atoms. The molecule has 1 aromatic heterocycles. The molecule has 5 fully saturated rings. The first-order chi connectivity index (χ1) is 43.2. The van der Waals surface area contributed by atoms with Crippen LogP contribution in [0.15, 0.2) is 150 Å². The standard InChI is InChI=1S/C30H42ClN3.C30H41ClN2.C21H32FNO/c1-23(2)20-28(22-30(3,4)26-8-10-27(31)11-9-26)33-18-13-24(14-19-33)25-12-15-32-29(21-25)34-16-6-5-7-17-34;1-23(2)20-29(22-30(3,4)26-10-12-27(31)13-11-26)33-18-14-24(15-19-33)25-8-7-9-28(21-25)32-16-5-6-17-32;1-16(2)14-19(23-12-10-21(5,24)11-13-23)15-20(3,4)17-6-8-18(22)9-7-17/h8-12,15,20-21,24,28H,5-7,13-14,16-19,22H2,1-4H3;7-13,20-21,24,29H,5-6,14-19,22H2,1-4H3;6-9,14,19,24H,10-13,15H2,1-5H3. The molecule has 0 radical (unpaired) electrons. The predicted molar refractivity (Wildman–Crippen MR) is 389 cm³/mol. The Balaban J connectivity index is 0.000000179. The molecular formula is C81H115Cl2FN6O. The molecule has 4 aromatic carbocycles. The zero-order chi connectivity index (χ0) is 65.5. The second kappa shape index (κ2) is 33.0. The molecule has 5 saturated heterocycles. The third kappa shape index (κ3) is 21.6. The number of allylic oxidation sites excluding steroid dienone is 3. The van der Waals surface area contributed by atoms with Gasteiger partial charge in [0.1, 0.15) is 11.6 Å². The minimum atomic E-state index is -0.529. The summed E-state index contributed by atoms with van der Waals surface area (Å²) in [6.45, 7) is 40.3. The number of likely N-dealkylation sites (tertiary alicyclic amines) is 3. The van der Waals surface area contributed by atoms with Gasteiger partial charge in [-0.1, -0.05) is 148 Å². The van der Waals surface area contributed by atoms with Crippen LogP contribution in [0.2, 0.25) is 10.0 Å². The van der Waals surface area contributed by atoms with E-state index in [0.717, 1.165) is 81.4 Å². The summed E-state index contributed by atoms with van der Waals surface area (Å²) in [6.07, 6.45) is 25.7. The molecule has 5 aliphatic rings. The maximum absolute atomic E-state index is 13.2. The molecule has 6 heterocycles. The van der Waals surface area contributed by atoms with Crippen LogP contribution in [-0.2, 0) is 16.2 Å². The number of hydrogen-bond acceptors (Lipinski definition) is 7. The fraction of sp³-hybridized carbons (Fsp3) is 0.568. The first kappa shape index (κ1) is 72.0. The lowest BCUT2D eigenvalue weighted by molar-refractivity contribution is -0.0140. The molecule has 10 rings (SSSR count). The third-order valence-electron chi connectivity index (χ3n) is 20.7. The van der Waals surface area contributed by atoms with Gasteiger partial charge in [-0.15, -0.1) is 0 Å². The predicted octanol–water partition coefficient (Wildman–Crippen LogP) is 20.1. The van der Waals surface area contributed by atoms with E-state index >= 15 is 0 Å². The highest BCUT2D eigenvalue weighted by Crippen LogP contribution is 2.39. The number of aliphatic hydroxyl groups is 1. The molecular weight excluding hydrogens is 1160 g/mol. The molecule has 5 aromatic rings. The lowest BCUT2D eigenvalue weighted by atomic mass is 9.78. The summed E-state index contributed by atoms with van der Waals surface area (Å²) in [6, 6.07) is 39.1. The Labute approximate surface area is 561 Å². The SMILES string of the molecule is CC(C)=CC(CC(C)(C)c1ccc(Cl)cc1)N1CCC(c2cccc(N3CCCC3)c2)CC1.CC(C)=CC(CC(C)(C)c1ccc(Cl)cc1)N1CCC(c2ccnc(N3CCCCC3)c2)CC1.CC(C)=CC(CC(C)(C)c1ccc(F)cc1)N1CCC(C)(O)CC1. The number of hydrogen-bond donors (Lipinski definition) is 1. The molecule has 3 unspecified atom stereocenters. The first-order valence-electron chi connectivity index (χ1n) is 35.0. The number of halogens is 3. The average Bonchev–Trinajstić information content (AvgIpc) is 1.36. The topological polar surface area (TPSA) is 49.3 Å². The summed E-state index contributed by atoms with van der Waals surface area (Å²) in [5.74, 6) is 2.32. The van der Waals surface area contributed by atoms with Crippen LogP contribution in [0.25, 0.3) is 0 Å². The zero-order valence-electron chi connectivity index (χ0n) is 58.3. The lowest BCUT2D eigenvalue weighted by Gasteiger charge is -2.42. The van der Waals surface area contributed by atoms with E-state index < -0.39 is 5.60 Å². The number of pyridine rings is 1. The highest BCUT2D eigenvalue weighted by Gasteiger charge is 2.36. The van der Waals surface area contributed by atoms with Crippen LogP contribution in [0.5, 0.6) is 0 Å². The molecule has 0 aliphatic carbocycles. The summed E-state index contributed by atoms with van der Waals surface area (Å²) >= 11 is 12.3. The van der Waals surface area contributed by atoms with Gasteiger partial charge in [0.05, 0.1) is 5.60 Å². The van der Waals surface area contributed by atoms with Crippen molar-refractivity contribution in [3.8, 4) is 0 Å². The maximum atomic E-state index is 13.2. The van der Waals surface area contributed by atoms with Crippen molar-refractivity contribution in [2.45, 2.75) is 232 Å². The van der Waals surface area contributed by atoms with E-state index in [1.54, 1.807) is 17.7 Å². The highest BCUT2D eigenvalue weighted by atomic mass is 35.5. The van der Waals surface area contributed by atoms with Crippen molar-refractivity contribution in [2.24, 2.45) is 0 Å². The van der Waals surface area contributed by atoms with Gasteiger partial charge in [0, 0.05) is 79.3 Å². The summed E-state index contributed by atoms with van der Waals surface area (Å²) in [7, 11) is 0.